The average molecular weight is 349 g/mol. The van der Waals surface area contributed by atoms with Crippen molar-refractivity contribution in [2.75, 3.05) is 19.7 Å². The first kappa shape index (κ1) is 16.0. The molecule has 7 heteroatoms. The van der Waals surface area contributed by atoms with Gasteiger partial charge in [-0.25, -0.2) is 4.79 Å². The fraction of sp³-hybridized carbons (Fsp3) is 0.500. The lowest BCUT2D eigenvalue weighted by Crippen LogP contribution is -2.36. The van der Waals surface area contributed by atoms with E-state index in [1.165, 1.54) is 0 Å². The van der Waals surface area contributed by atoms with Gasteiger partial charge >= 0.3 is 6.09 Å². The lowest BCUT2D eigenvalue weighted by Gasteiger charge is -2.11. The van der Waals surface area contributed by atoms with E-state index in [4.69, 9.17) is 4.74 Å². The summed E-state index contributed by atoms with van der Waals surface area (Å²) < 4.78 is 5.71. The van der Waals surface area contributed by atoms with Crippen LogP contribution >= 0.6 is 27.3 Å². The summed E-state index contributed by atoms with van der Waals surface area (Å²) in [5, 5.41) is 5.31. The van der Waals surface area contributed by atoms with Crippen molar-refractivity contribution in [1.29, 1.82) is 0 Å². The minimum absolute atomic E-state index is 0.0555. The van der Waals surface area contributed by atoms with Crippen LogP contribution in [0.25, 0.3) is 0 Å². The summed E-state index contributed by atoms with van der Waals surface area (Å²) in [5.41, 5.74) is 0. The van der Waals surface area contributed by atoms with Crippen molar-refractivity contribution in [1.82, 2.24) is 10.6 Å². The lowest BCUT2D eigenvalue weighted by atomic mass is 10.1. The molecule has 1 atom stereocenters. The van der Waals surface area contributed by atoms with E-state index in [1.54, 1.807) is 18.3 Å². The monoisotopic (exact) mass is 348 g/mol. The zero-order valence-corrected chi connectivity index (χ0v) is 13.3. The molecular formula is C12H17BrN2O3S. The second kappa shape index (κ2) is 8.16. The highest BCUT2D eigenvalue weighted by molar-refractivity contribution is 9.11. The van der Waals surface area contributed by atoms with Crippen molar-refractivity contribution in [2.24, 2.45) is 0 Å². The molecule has 0 saturated heterocycles. The van der Waals surface area contributed by atoms with Crippen LogP contribution in [0.4, 0.5) is 4.79 Å². The molecule has 0 bridgehead atoms. The summed E-state index contributed by atoms with van der Waals surface area (Å²) >= 11 is 4.91. The van der Waals surface area contributed by atoms with E-state index in [1.807, 2.05) is 19.1 Å². The van der Waals surface area contributed by atoms with Crippen molar-refractivity contribution in [3.63, 3.8) is 0 Å². The van der Waals surface area contributed by atoms with Gasteiger partial charge in [-0.15, -0.1) is 11.3 Å². The number of carbonyl (C=O) groups excluding carboxylic acids is 2. The number of hydrogen-bond donors (Lipinski definition) is 2. The van der Waals surface area contributed by atoms with Gasteiger partial charge in [0.05, 0.1) is 16.3 Å². The predicted octanol–water partition coefficient (Wildman–Crippen LogP) is 2.48. The van der Waals surface area contributed by atoms with E-state index in [0.29, 0.717) is 19.7 Å². The maximum absolute atomic E-state index is 11.9. The average Bonchev–Trinajstić information content (AvgIpc) is 2.80. The Morgan fingerprint density at radius 3 is 2.63 bits per heavy atom. The number of carbonyl (C=O) groups is 2. The highest BCUT2D eigenvalue weighted by atomic mass is 79.9. The zero-order valence-electron chi connectivity index (χ0n) is 10.9. The number of halogens is 1. The first-order valence-electron chi connectivity index (χ1n) is 5.98. The molecule has 1 aromatic rings. The molecule has 1 rings (SSSR count). The molecular weight excluding hydrogens is 332 g/mol. The summed E-state index contributed by atoms with van der Waals surface area (Å²) in [5.74, 6) is -0.251. The summed E-state index contributed by atoms with van der Waals surface area (Å²) in [4.78, 5) is 23.9. The molecule has 0 spiro atoms. The molecule has 106 valence electrons. The van der Waals surface area contributed by atoms with Crippen LogP contribution in [0.5, 0.6) is 0 Å². The van der Waals surface area contributed by atoms with Crippen molar-refractivity contribution < 1.29 is 14.3 Å². The molecule has 1 heterocycles. The summed E-state index contributed by atoms with van der Waals surface area (Å²) in [6.07, 6.45) is -0.466. The van der Waals surface area contributed by atoms with Crippen LogP contribution in [-0.2, 0) is 9.53 Å². The Morgan fingerprint density at radius 1 is 1.37 bits per heavy atom. The lowest BCUT2D eigenvalue weighted by molar-refractivity contribution is -0.122. The zero-order chi connectivity index (χ0) is 14.3. The second-order valence-corrected chi connectivity index (χ2v) is 6.30. The summed E-state index contributed by atoms with van der Waals surface area (Å²) in [6, 6.07) is 3.85. The standard InChI is InChI=1S/C12H17BrN2O3S/c1-3-18-12(17)15-7-6-14-11(16)8(2)9-4-5-10(13)19-9/h4-5,8H,3,6-7H2,1-2H3,(H,14,16)(H,15,17)/t8-/m0/s1. The van der Waals surface area contributed by atoms with E-state index in [-0.39, 0.29) is 11.8 Å². The van der Waals surface area contributed by atoms with Gasteiger partial charge in [0.2, 0.25) is 5.91 Å². The number of nitrogens with one attached hydrogen (secondary N) is 2. The SMILES string of the molecule is CCOC(=O)NCCNC(=O)[C@@H](C)c1ccc(Br)s1. The third-order valence-electron chi connectivity index (χ3n) is 2.38. The first-order chi connectivity index (χ1) is 9.04. The van der Waals surface area contributed by atoms with Gasteiger partial charge in [0.1, 0.15) is 0 Å². The smallest absolute Gasteiger partial charge is 0.407 e. The van der Waals surface area contributed by atoms with Crippen molar-refractivity contribution >= 4 is 39.3 Å². The molecule has 5 nitrogen and oxygen atoms in total. The van der Waals surface area contributed by atoms with Gasteiger partial charge in [-0.05, 0) is 41.9 Å². The van der Waals surface area contributed by atoms with E-state index in [2.05, 4.69) is 26.6 Å². The maximum atomic E-state index is 11.9. The number of alkyl carbamates (subject to hydrolysis) is 1. The van der Waals surface area contributed by atoms with Gasteiger partial charge in [-0.2, -0.15) is 0 Å². The van der Waals surface area contributed by atoms with Crippen molar-refractivity contribution in [3.05, 3.63) is 20.8 Å². The van der Waals surface area contributed by atoms with Crippen LogP contribution in [0, 0.1) is 0 Å². The van der Waals surface area contributed by atoms with Crippen LogP contribution in [-0.4, -0.2) is 31.7 Å². The third-order valence-corrected chi connectivity index (χ3v) is 4.19. The van der Waals surface area contributed by atoms with Gasteiger partial charge in [0.15, 0.2) is 0 Å². The highest BCUT2D eigenvalue weighted by Gasteiger charge is 2.16. The molecule has 0 aliphatic heterocycles. The molecule has 19 heavy (non-hydrogen) atoms. The molecule has 1 aromatic heterocycles. The van der Waals surface area contributed by atoms with Gasteiger partial charge in [-0.3, -0.25) is 4.79 Å². The predicted molar refractivity (Wildman–Crippen MR) is 78.5 cm³/mol. The molecule has 0 saturated carbocycles. The van der Waals surface area contributed by atoms with E-state index >= 15 is 0 Å². The van der Waals surface area contributed by atoms with E-state index in [0.717, 1.165) is 8.66 Å². The van der Waals surface area contributed by atoms with Crippen LogP contribution in [0.3, 0.4) is 0 Å². The Bertz CT molecular complexity index is 436. The number of thiophene rings is 1. The van der Waals surface area contributed by atoms with Crippen LogP contribution in [0.1, 0.15) is 24.6 Å². The van der Waals surface area contributed by atoms with Crippen molar-refractivity contribution in [2.45, 2.75) is 19.8 Å². The molecule has 2 amide bonds. The molecule has 0 radical (unpaired) electrons. The Labute approximate surface area is 124 Å². The quantitative estimate of drug-likeness (QED) is 0.776. The molecule has 0 aromatic carbocycles. The number of ether oxygens (including phenoxy) is 1. The Balaban J connectivity index is 2.26. The molecule has 2 N–H and O–H groups in total. The topological polar surface area (TPSA) is 67.4 Å². The molecule has 0 unspecified atom stereocenters. The van der Waals surface area contributed by atoms with E-state index in [9.17, 15) is 9.59 Å². The fourth-order valence-electron chi connectivity index (χ4n) is 1.38. The number of amides is 2. The van der Waals surface area contributed by atoms with Crippen LogP contribution in [0.2, 0.25) is 0 Å². The van der Waals surface area contributed by atoms with Crippen LogP contribution in [0.15, 0.2) is 15.9 Å². The Morgan fingerprint density at radius 2 is 2.05 bits per heavy atom. The normalized spacial score (nSPS) is 11.7. The number of rotatable bonds is 6. The third kappa shape index (κ3) is 5.61. The van der Waals surface area contributed by atoms with Gasteiger partial charge in [-0.1, -0.05) is 0 Å². The van der Waals surface area contributed by atoms with Gasteiger partial charge < -0.3 is 15.4 Å². The summed E-state index contributed by atoms with van der Waals surface area (Å²) in [7, 11) is 0. The maximum Gasteiger partial charge on any atom is 0.407 e. The largest absolute Gasteiger partial charge is 0.450 e. The van der Waals surface area contributed by atoms with Gasteiger partial charge in [0, 0.05) is 18.0 Å². The highest BCUT2D eigenvalue weighted by Crippen LogP contribution is 2.28. The minimum atomic E-state index is -0.466. The summed E-state index contributed by atoms with van der Waals surface area (Å²) in [6.45, 7) is 4.66. The van der Waals surface area contributed by atoms with Gasteiger partial charge in [0.25, 0.3) is 0 Å². The second-order valence-electron chi connectivity index (χ2n) is 3.80. The number of hydrogen-bond acceptors (Lipinski definition) is 4. The Hall–Kier alpha value is -1.08. The molecule has 0 fully saturated rings. The minimum Gasteiger partial charge on any atom is -0.450 e. The Kier molecular flexibility index (Phi) is 6.86. The van der Waals surface area contributed by atoms with E-state index < -0.39 is 6.09 Å². The van der Waals surface area contributed by atoms with Crippen LogP contribution < -0.4 is 10.6 Å². The fourth-order valence-corrected chi connectivity index (χ4v) is 2.85. The molecule has 0 aliphatic rings. The first-order valence-corrected chi connectivity index (χ1v) is 7.59. The van der Waals surface area contributed by atoms with Crippen molar-refractivity contribution in [3.8, 4) is 0 Å². The molecule has 0 aliphatic carbocycles.